The van der Waals surface area contributed by atoms with Crippen molar-refractivity contribution in [3.63, 3.8) is 0 Å². The van der Waals surface area contributed by atoms with Gasteiger partial charge in [0.15, 0.2) is 0 Å². The maximum atomic E-state index is 12.5. The van der Waals surface area contributed by atoms with Gasteiger partial charge in [0.05, 0.1) is 0 Å². The van der Waals surface area contributed by atoms with Crippen LogP contribution in [0.5, 0.6) is 0 Å². The molecular formula is C6HF10NO3. The summed E-state index contributed by atoms with van der Waals surface area (Å²) in [5.74, 6) is -22.1. The highest BCUT2D eigenvalue weighted by Gasteiger charge is 2.78. The van der Waals surface area contributed by atoms with Crippen LogP contribution in [0.1, 0.15) is 0 Å². The third-order valence-corrected chi connectivity index (χ3v) is 1.70. The van der Waals surface area contributed by atoms with Crippen LogP contribution in [0.2, 0.25) is 0 Å². The smallest absolute Gasteiger partial charge is 0.460 e. The maximum Gasteiger partial charge on any atom is 0.460 e. The molecule has 0 bridgehead atoms. The summed E-state index contributed by atoms with van der Waals surface area (Å²) in [5, 5.41) is 4.44. The fourth-order valence-electron chi connectivity index (χ4n) is 0.647. The summed E-state index contributed by atoms with van der Waals surface area (Å²) in [6, 6.07) is -6.07. The van der Waals surface area contributed by atoms with Gasteiger partial charge in [-0.25, -0.2) is 4.79 Å². The molecule has 118 valence electrons. The van der Waals surface area contributed by atoms with E-state index in [0.29, 0.717) is 0 Å². The molecule has 0 rings (SSSR count). The molecule has 0 atom stereocenters. The molecule has 0 aliphatic carbocycles. The van der Waals surface area contributed by atoms with Gasteiger partial charge in [0, 0.05) is 0 Å². The molecule has 0 aromatic heterocycles. The number of carbonyl (C=O) groups excluding carboxylic acids is 1. The topological polar surface area (TPSA) is 57.6 Å². The molecule has 1 amide bonds. The van der Waals surface area contributed by atoms with Gasteiger partial charge in [-0.15, -0.1) is 0 Å². The molecule has 0 unspecified atom stereocenters. The van der Waals surface area contributed by atoms with Gasteiger partial charge in [0.1, 0.15) is 0 Å². The first-order valence-corrected chi connectivity index (χ1v) is 3.95. The quantitative estimate of drug-likeness (QED) is 0.490. The largest absolute Gasteiger partial charge is 0.475 e. The molecule has 4 nitrogen and oxygen atoms in total. The minimum atomic E-state index is -7.20. The highest BCUT2D eigenvalue weighted by atomic mass is 19.4. The van der Waals surface area contributed by atoms with Crippen LogP contribution in [0, 0.1) is 0 Å². The number of carboxylic acid groups (broad SMARTS) is 1. The Bertz CT molecular complexity index is 416. The molecular weight excluding hydrogens is 324 g/mol. The van der Waals surface area contributed by atoms with Crippen molar-refractivity contribution in [2.24, 2.45) is 0 Å². The van der Waals surface area contributed by atoms with Gasteiger partial charge in [-0.3, -0.25) is 4.79 Å². The Morgan fingerprint density at radius 3 is 1.45 bits per heavy atom. The lowest BCUT2D eigenvalue weighted by Crippen LogP contribution is -2.62. The Balaban J connectivity index is 5.66. The number of hydrogen-bond acceptors (Lipinski definition) is 2. The van der Waals surface area contributed by atoms with Crippen molar-refractivity contribution in [3.8, 4) is 0 Å². The van der Waals surface area contributed by atoms with Gasteiger partial charge < -0.3 is 5.11 Å². The Morgan fingerprint density at radius 2 is 1.20 bits per heavy atom. The van der Waals surface area contributed by atoms with Gasteiger partial charge in [0.2, 0.25) is 0 Å². The zero-order valence-electron chi connectivity index (χ0n) is 8.49. The molecule has 0 aromatic rings. The lowest BCUT2D eigenvalue weighted by atomic mass is 10.1. The summed E-state index contributed by atoms with van der Waals surface area (Å²) in [7, 11) is 0. The molecule has 1 N–H and O–H groups in total. The number of alkyl halides is 9. The van der Waals surface area contributed by atoms with Gasteiger partial charge in [0.25, 0.3) is 0 Å². The van der Waals surface area contributed by atoms with Crippen molar-refractivity contribution in [3.05, 3.63) is 0 Å². The average Bonchev–Trinajstić information content (AvgIpc) is 2.24. The fourth-order valence-corrected chi connectivity index (χ4v) is 0.647. The van der Waals surface area contributed by atoms with E-state index in [-0.39, 0.29) is 0 Å². The number of aliphatic carboxylic acids is 1. The number of carbonyl (C=O) groups is 2. The first kappa shape index (κ1) is 18.2. The van der Waals surface area contributed by atoms with Crippen LogP contribution in [0.25, 0.3) is 0 Å². The summed E-state index contributed by atoms with van der Waals surface area (Å²) in [6.07, 6.45) is -7.08. The Labute approximate surface area is 101 Å². The first-order chi connectivity index (χ1) is 8.51. The number of halogens is 10. The molecule has 0 radical (unpaired) electrons. The SMILES string of the molecule is O=C(O)C(F)(F)N(F)C(=O)C(F)(F)C(F)(F)C(F)(F)F. The van der Waals surface area contributed by atoms with Gasteiger partial charge in [-0.1, -0.05) is 9.60 Å². The van der Waals surface area contributed by atoms with Crippen LogP contribution in [0.3, 0.4) is 0 Å². The highest BCUT2D eigenvalue weighted by molar-refractivity contribution is 5.88. The predicted octanol–water partition coefficient (Wildman–Crippen LogP) is 2.21. The molecule has 0 saturated carbocycles. The zero-order valence-corrected chi connectivity index (χ0v) is 8.49. The molecule has 0 saturated heterocycles. The van der Waals surface area contributed by atoms with Gasteiger partial charge >= 0.3 is 35.9 Å². The summed E-state index contributed by atoms with van der Waals surface area (Å²) < 4.78 is 121. The van der Waals surface area contributed by atoms with Gasteiger partial charge in [-0.2, -0.15) is 39.5 Å². The number of amides is 1. The average molecular weight is 325 g/mol. The lowest BCUT2D eigenvalue weighted by molar-refractivity contribution is -0.352. The van der Waals surface area contributed by atoms with E-state index in [1.54, 1.807) is 0 Å². The Hall–Kier alpha value is -1.76. The third-order valence-electron chi connectivity index (χ3n) is 1.70. The van der Waals surface area contributed by atoms with E-state index >= 15 is 0 Å². The number of hydrogen-bond donors (Lipinski definition) is 1. The predicted molar refractivity (Wildman–Crippen MR) is 36.5 cm³/mol. The van der Waals surface area contributed by atoms with E-state index in [9.17, 15) is 53.6 Å². The van der Waals surface area contributed by atoms with Crippen LogP contribution < -0.4 is 0 Å². The van der Waals surface area contributed by atoms with Crippen molar-refractivity contribution < 1.29 is 58.7 Å². The molecule has 0 heterocycles. The molecule has 0 fully saturated rings. The molecule has 14 heteroatoms. The summed E-state index contributed by atoms with van der Waals surface area (Å²) >= 11 is 0. The van der Waals surface area contributed by atoms with Crippen molar-refractivity contribution in [2.75, 3.05) is 0 Å². The summed E-state index contributed by atoms with van der Waals surface area (Å²) in [5.41, 5.74) is 0. The normalized spacial score (nSPS) is 14.1. The Kier molecular flexibility index (Phi) is 4.25. The minimum Gasteiger partial charge on any atom is -0.475 e. The van der Waals surface area contributed by atoms with Crippen LogP contribution in [-0.4, -0.2) is 46.2 Å². The van der Waals surface area contributed by atoms with Crippen LogP contribution in [-0.2, 0) is 9.59 Å². The second-order valence-corrected chi connectivity index (χ2v) is 3.08. The van der Waals surface area contributed by atoms with Crippen LogP contribution in [0.4, 0.5) is 44.0 Å². The van der Waals surface area contributed by atoms with E-state index in [1.165, 1.54) is 0 Å². The number of rotatable bonds is 4. The van der Waals surface area contributed by atoms with E-state index < -0.39 is 41.1 Å². The van der Waals surface area contributed by atoms with Crippen molar-refractivity contribution in [2.45, 2.75) is 24.1 Å². The zero-order chi connectivity index (χ0) is 16.7. The van der Waals surface area contributed by atoms with Crippen LogP contribution >= 0.6 is 0 Å². The molecule has 0 spiro atoms. The van der Waals surface area contributed by atoms with Gasteiger partial charge in [-0.05, 0) is 0 Å². The standard InChI is InChI=1S/C6HF10NO3/c7-3(8,5(11,12)6(13,14)15)1(18)17(16)4(9,10)2(19)20/h(H,19,20). The van der Waals surface area contributed by atoms with E-state index in [1.807, 2.05) is 0 Å². The number of carboxylic acids is 1. The fraction of sp³-hybridized carbons (Fsp3) is 0.667. The highest BCUT2D eigenvalue weighted by Crippen LogP contribution is 2.48. The first-order valence-electron chi connectivity index (χ1n) is 3.95. The molecule has 20 heavy (non-hydrogen) atoms. The summed E-state index contributed by atoms with van der Waals surface area (Å²) in [6.45, 7) is 0. The molecule has 0 aromatic carbocycles. The minimum absolute atomic E-state index is 3.21. The monoisotopic (exact) mass is 325 g/mol. The second kappa shape index (κ2) is 4.66. The second-order valence-electron chi connectivity index (χ2n) is 3.08. The van der Waals surface area contributed by atoms with Crippen molar-refractivity contribution in [1.29, 1.82) is 0 Å². The molecule has 0 aliphatic heterocycles. The lowest BCUT2D eigenvalue weighted by Gasteiger charge is -2.29. The maximum absolute atomic E-state index is 12.5. The Morgan fingerprint density at radius 1 is 0.850 bits per heavy atom. The number of nitrogens with zero attached hydrogens (tertiary/aromatic N) is 1. The van der Waals surface area contributed by atoms with E-state index in [4.69, 9.17) is 5.11 Å². The van der Waals surface area contributed by atoms with E-state index in [0.717, 1.165) is 0 Å². The van der Waals surface area contributed by atoms with E-state index in [2.05, 4.69) is 0 Å². The third kappa shape index (κ3) is 2.58. The van der Waals surface area contributed by atoms with Crippen LogP contribution in [0.15, 0.2) is 0 Å². The molecule has 0 aliphatic rings. The summed E-state index contributed by atoms with van der Waals surface area (Å²) in [4.78, 5) is 20.0. The van der Waals surface area contributed by atoms with Crippen molar-refractivity contribution in [1.82, 2.24) is 5.12 Å². The van der Waals surface area contributed by atoms with Crippen molar-refractivity contribution >= 4 is 11.9 Å².